The van der Waals surface area contributed by atoms with Gasteiger partial charge in [0.2, 0.25) is 0 Å². The monoisotopic (exact) mass is 401 g/mol. The summed E-state index contributed by atoms with van der Waals surface area (Å²) in [5, 5.41) is 1.10. The lowest BCUT2D eigenvalue weighted by Crippen LogP contribution is -2.39. The summed E-state index contributed by atoms with van der Waals surface area (Å²) >= 11 is 1.73. The number of fused-ring (bicyclic) bond motifs is 1. The molecule has 2 aromatic rings. The van der Waals surface area contributed by atoms with Crippen LogP contribution in [-0.2, 0) is 4.74 Å². The van der Waals surface area contributed by atoms with Gasteiger partial charge in [0.05, 0.1) is 22.0 Å². The van der Waals surface area contributed by atoms with E-state index in [1.807, 2.05) is 20.8 Å². The summed E-state index contributed by atoms with van der Waals surface area (Å²) in [5.41, 5.74) is 2.40. The lowest BCUT2D eigenvalue weighted by molar-refractivity contribution is 0.0327. The minimum Gasteiger partial charge on any atom is -0.443 e. The summed E-state index contributed by atoms with van der Waals surface area (Å²) in [6, 6.07) is 6.56. The molecule has 0 fully saturated rings. The van der Waals surface area contributed by atoms with E-state index in [0.717, 1.165) is 28.2 Å². The van der Waals surface area contributed by atoms with Crippen molar-refractivity contribution < 1.29 is 9.53 Å². The molecule has 0 radical (unpaired) electrons. The van der Waals surface area contributed by atoms with Crippen molar-refractivity contribution in [2.24, 2.45) is 5.92 Å². The molecule has 1 amide bonds. The summed E-state index contributed by atoms with van der Waals surface area (Å²) in [4.78, 5) is 21.6. The van der Waals surface area contributed by atoms with Gasteiger partial charge in [0, 0.05) is 12.1 Å². The SMILES string of the molecule is CC(c1nc2cc(C3=CC[C@H](C)CN3C(=O)OC(C)(C)C)ccc2s1)N(C)C. The highest BCUT2D eigenvalue weighted by Gasteiger charge is 2.29. The minimum atomic E-state index is -0.515. The molecule has 5 nitrogen and oxygen atoms in total. The Kier molecular flexibility index (Phi) is 5.82. The molecular formula is C22H31N3O2S. The molecule has 0 N–H and O–H groups in total. The Balaban J connectivity index is 1.95. The molecule has 152 valence electrons. The molecule has 1 aliphatic heterocycles. The van der Waals surface area contributed by atoms with Gasteiger partial charge in [-0.15, -0.1) is 11.3 Å². The largest absolute Gasteiger partial charge is 0.443 e. The number of allylic oxidation sites excluding steroid dienone is 1. The van der Waals surface area contributed by atoms with Gasteiger partial charge >= 0.3 is 6.09 Å². The zero-order valence-electron chi connectivity index (χ0n) is 17.9. The van der Waals surface area contributed by atoms with Gasteiger partial charge in [-0.1, -0.05) is 19.1 Å². The molecule has 0 saturated heterocycles. The first-order chi connectivity index (χ1) is 13.0. The van der Waals surface area contributed by atoms with Crippen molar-refractivity contribution >= 4 is 33.3 Å². The van der Waals surface area contributed by atoms with Crippen molar-refractivity contribution in [2.45, 2.75) is 52.7 Å². The standard InChI is InChI=1S/C22H31N3O2S/c1-14-8-10-18(25(13-14)21(26)27-22(3,4)5)16-9-11-19-17(12-16)23-20(28-19)15(2)24(6)7/h9-12,14-15H,8,13H2,1-7H3/t14-,15?/m0/s1. The zero-order valence-corrected chi connectivity index (χ0v) is 18.8. The molecule has 6 heteroatoms. The topological polar surface area (TPSA) is 45.7 Å². The second-order valence-electron chi connectivity index (χ2n) is 8.90. The van der Waals surface area contributed by atoms with Crippen LogP contribution in [0.5, 0.6) is 0 Å². The van der Waals surface area contributed by atoms with Gasteiger partial charge in [0.25, 0.3) is 0 Å². The summed E-state index contributed by atoms with van der Waals surface area (Å²) in [6.45, 7) is 10.7. The van der Waals surface area contributed by atoms with Crippen molar-refractivity contribution in [3.05, 3.63) is 34.8 Å². The van der Waals surface area contributed by atoms with Crippen molar-refractivity contribution in [3.63, 3.8) is 0 Å². The number of nitrogens with zero attached hydrogens (tertiary/aromatic N) is 3. The normalized spacial score (nSPS) is 19.1. The third-order valence-electron chi connectivity index (χ3n) is 4.94. The fourth-order valence-corrected chi connectivity index (χ4v) is 4.27. The van der Waals surface area contributed by atoms with E-state index in [1.165, 1.54) is 4.70 Å². The predicted molar refractivity (Wildman–Crippen MR) is 116 cm³/mol. The molecule has 1 unspecified atom stereocenters. The molecular weight excluding hydrogens is 370 g/mol. The first-order valence-corrected chi connectivity index (χ1v) is 10.6. The highest BCUT2D eigenvalue weighted by Crippen LogP contribution is 2.33. The Bertz CT molecular complexity index is 895. The average Bonchev–Trinajstić information content (AvgIpc) is 3.02. The minimum absolute atomic E-state index is 0.272. The maximum absolute atomic E-state index is 12.8. The Morgan fingerprint density at radius 2 is 2.07 bits per heavy atom. The average molecular weight is 402 g/mol. The van der Waals surface area contributed by atoms with Crippen LogP contribution in [0.1, 0.15) is 57.7 Å². The van der Waals surface area contributed by atoms with Crippen molar-refractivity contribution in [2.75, 3.05) is 20.6 Å². The summed E-state index contributed by atoms with van der Waals surface area (Å²) in [5.74, 6) is 0.409. The maximum Gasteiger partial charge on any atom is 0.414 e. The second kappa shape index (κ2) is 7.84. The van der Waals surface area contributed by atoms with E-state index in [2.05, 4.69) is 57.1 Å². The second-order valence-corrected chi connectivity index (χ2v) is 9.96. The number of benzene rings is 1. The van der Waals surface area contributed by atoms with E-state index in [0.29, 0.717) is 12.5 Å². The number of hydrogen-bond acceptors (Lipinski definition) is 5. The number of hydrogen-bond donors (Lipinski definition) is 0. The smallest absolute Gasteiger partial charge is 0.414 e. The van der Waals surface area contributed by atoms with Crippen LogP contribution < -0.4 is 0 Å². The summed E-state index contributed by atoms with van der Waals surface area (Å²) in [6.07, 6.45) is 2.81. The number of carbonyl (C=O) groups excluding carboxylic acids is 1. The Morgan fingerprint density at radius 3 is 2.71 bits per heavy atom. The Morgan fingerprint density at radius 1 is 1.36 bits per heavy atom. The van der Waals surface area contributed by atoms with Crippen LogP contribution in [0.2, 0.25) is 0 Å². The molecule has 2 heterocycles. The van der Waals surface area contributed by atoms with E-state index >= 15 is 0 Å². The highest BCUT2D eigenvalue weighted by atomic mass is 32.1. The molecule has 2 atom stereocenters. The molecule has 0 spiro atoms. The molecule has 28 heavy (non-hydrogen) atoms. The third kappa shape index (κ3) is 4.55. The lowest BCUT2D eigenvalue weighted by Gasteiger charge is -2.33. The molecule has 3 rings (SSSR count). The van der Waals surface area contributed by atoms with Crippen LogP contribution in [-0.4, -0.2) is 47.1 Å². The summed E-state index contributed by atoms with van der Waals surface area (Å²) < 4.78 is 6.82. The zero-order chi connectivity index (χ0) is 20.6. The van der Waals surface area contributed by atoms with E-state index in [9.17, 15) is 4.79 Å². The Hall–Kier alpha value is -1.92. The van der Waals surface area contributed by atoms with Crippen LogP contribution >= 0.6 is 11.3 Å². The van der Waals surface area contributed by atoms with Crippen LogP contribution in [0, 0.1) is 5.92 Å². The first kappa shape index (κ1) is 20.8. The maximum atomic E-state index is 12.8. The van der Waals surface area contributed by atoms with Crippen LogP contribution in [0.15, 0.2) is 24.3 Å². The molecule has 1 aromatic heterocycles. The Labute approximate surface area is 172 Å². The molecule has 0 aliphatic carbocycles. The predicted octanol–water partition coefficient (Wildman–Crippen LogP) is 5.54. The number of aromatic nitrogens is 1. The highest BCUT2D eigenvalue weighted by molar-refractivity contribution is 7.18. The fourth-order valence-electron chi connectivity index (χ4n) is 3.18. The number of amides is 1. The van der Waals surface area contributed by atoms with Gasteiger partial charge in [-0.3, -0.25) is 4.90 Å². The molecule has 1 aliphatic rings. The number of thiazole rings is 1. The van der Waals surface area contributed by atoms with Crippen molar-refractivity contribution in [1.82, 2.24) is 14.8 Å². The van der Waals surface area contributed by atoms with E-state index in [4.69, 9.17) is 9.72 Å². The summed E-state index contributed by atoms with van der Waals surface area (Å²) in [7, 11) is 4.13. The van der Waals surface area contributed by atoms with Crippen LogP contribution in [0.25, 0.3) is 15.9 Å². The molecule has 0 bridgehead atoms. The van der Waals surface area contributed by atoms with Gasteiger partial charge < -0.3 is 9.64 Å². The van der Waals surface area contributed by atoms with Gasteiger partial charge in [-0.2, -0.15) is 0 Å². The van der Waals surface area contributed by atoms with Crippen LogP contribution in [0.4, 0.5) is 4.79 Å². The lowest BCUT2D eigenvalue weighted by atomic mass is 9.98. The van der Waals surface area contributed by atoms with Gasteiger partial charge in [0.1, 0.15) is 10.6 Å². The van der Waals surface area contributed by atoms with Crippen molar-refractivity contribution in [1.29, 1.82) is 0 Å². The number of carbonyl (C=O) groups is 1. The molecule has 1 aromatic carbocycles. The van der Waals surface area contributed by atoms with Gasteiger partial charge in [-0.05, 0) is 66.3 Å². The van der Waals surface area contributed by atoms with Gasteiger partial charge in [-0.25, -0.2) is 9.78 Å². The number of ether oxygens (including phenoxy) is 1. The molecule has 0 saturated carbocycles. The van der Waals surface area contributed by atoms with E-state index < -0.39 is 5.60 Å². The first-order valence-electron chi connectivity index (χ1n) is 9.83. The van der Waals surface area contributed by atoms with Crippen LogP contribution in [0.3, 0.4) is 0 Å². The fraction of sp³-hybridized carbons (Fsp3) is 0.545. The van der Waals surface area contributed by atoms with Crippen molar-refractivity contribution in [3.8, 4) is 0 Å². The van der Waals surface area contributed by atoms with E-state index in [-0.39, 0.29) is 12.1 Å². The number of rotatable bonds is 3. The van der Waals surface area contributed by atoms with Gasteiger partial charge in [0.15, 0.2) is 0 Å². The quantitative estimate of drug-likeness (QED) is 0.678. The third-order valence-corrected chi connectivity index (χ3v) is 6.15. The van der Waals surface area contributed by atoms with E-state index in [1.54, 1.807) is 16.2 Å².